The molecule has 2 fully saturated rings. The Labute approximate surface area is 159 Å². The molecule has 2 aromatic rings. The molecule has 0 unspecified atom stereocenters. The maximum atomic E-state index is 6.28. The standard InChI is InChI=1S/C20H28N2O3S/c1-16-21-18(15-26-16)14-23-11-4-17-5-12-25-20(17)6-8-22(9-7-20)13-19-3-2-10-24-19/h2-3,10,15,17H,4-9,11-14H2,1H3/t17-/m0/s1. The highest BCUT2D eigenvalue weighted by atomic mass is 32.1. The predicted molar refractivity (Wildman–Crippen MR) is 101 cm³/mol. The number of piperidine rings is 1. The van der Waals surface area contributed by atoms with E-state index in [4.69, 9.17) is 13.9 Å². The smallest absolute Gasteiger partial charge is 0.117 e. The molecule has 1 atom stereocenters. The van der Waals surface area contributed by atoms with Crippen LogP contribution in [0.3, 0.4) is 0 Å². The largest absolute Gasteiger partial charge is 0.468 e. The molecule has 142 valence electrons. The molecule has 26 heavy (non-hydrogen) atoms. The van der Waals surface area contributed by atoms with Gasteiger partial charge in [0, 0.05) is 31.7 Å². The van der Waals surface area contributed by atoms with Crippen molar-refractivity contribution in [3.63, 3.8) is 0 Å². The molecule has 4 rings (SSSR count). The van der Waals surface area contributed by atoms with E-state index < -0.39 is 0 Å². The number of aromatic nitrogens is 1. The third-order valence-electron chi connectivity index (χ3n) is 5.79. The highest BCUT2D eigenvalue weighted by molar-refractivity contribution is 7.09. The molecule has 0 bridgehead atoms. The first-order valence-electron chi connectivity index (χ1n) is 9.61. The summed E-state index contributed by atoms with van der Waals surface area (Å²) in [5.74, 6) is 1.67. The fourth-order valence-corrected chi connectivity index (χ4v) is 4.93. The Morgan fingerprint density at radius 1 is 1.38 bits per heavy atom. The molecule has 0 radical (unpaired) electrons. The maximum Gasteiger partial charge on any atom is 0.117 e. The summed E-state index contributed by atoms with van der Waals surface area (Å²) in [6, 6.07) is 4.02. The van der Waals surface area contributed by atoms with Gasteiger partial charge in [0.1, 0.15) is 5.76 Å². The zero-order valence-corrected chi connectivity index (χ0v) is 16.3. The van der Waals surface area contributed by atoms with E-state index in [1.165, 1.54) is 0 Å². The summed E-state index contributed by atoms with van der Waals surface area (Å²) < 4.78 is 17.6. The maximum absolute atomic E-state index is 6.28. The van der Waals surface area contributed by atoms with Crippen molar-refractivity contribution in [2.75, 3.05) is 26.3 Å². The molecular weight excluding hydrogens is 348 g/mol. The molecule has 4 heterocycles. The van der Waals surface area contributed by atoms with Gasteiger partial charge in [-0.3, -0.25) is 4.90 Å². The first kappa shape index (κ1) is 18.2. The predicted octanol–water partition coefficient (Wildman–Crippen LogP) is 4.02. The van der Waals surface area contributed by atoms with E-state index in [2.05, 4.69) is 21.3 Å². The Hall–Kier alpha value is -1.21. The molecule has 1 spiro atoms. The lowest BCUT2D eigenvalue weighted by Crippen LogP contribution is -2.47. The Bertz CT molecular complexity index is 677. The van der Waals surface area contributed by atoms with Crippen LogP contribution in [0.5, 0.6) is 0 Å². The van der Waals surface area contributed by atoms with Crippen LogP contribution >= 0.6 is 11.3 Å². The number of aryl methyl sites for hydroxylation is 1. The van der Waals surface area contributed by atoms with E-state index in [0.717, 1.165) is 75.0 Å². The zero-order chi connectivity index (χ0) is 17.8. The summed E-state index contributed by atoms with van der Waals surface area (Å²) in [6.07, 6.45) is 6.23. The molecular formula is C20H28N2O3S. The van der Waals surface area contributed by atoms with Gasteiger partial charge in [0.2, 0.25) is 0 Å². The molecule has 2 saturated heterocycles. The summed E-state index contributed by atoms with van der Waals surface area (Å²) in [5.41, 5.74) is 1.12. The van der Waals surface area contributed by atoms with Crippen LogP contribution in [0, 0.1) is 12.8 Å². The van der Waals surface area contributed by atoms with E-state index >= 15 is 0 Å². The highest BCUT2D eigenvalue weighted by Gasteiger charge is 2.45. The summed E-state index contributed by atoms with van der Waals surface area (Å²) in [7, 11) is 0. The van der Waals surface area contributed by atoms with E-state index in [1.807, 2.05) is 13.0 Å². The average molecular weight is 377 g/mol. The van der Waals surface area contributed by atoms with Gasteiger partial charge in [0.15, 0.2) is 0 Å². The van der Waals surface area contributed by atoms with Crippen LogP contribution < -0.4 is 0 Å². The fourth-order valence-electron chi connectivity index (χ4n) is 4.33. The first-order valence-corrected chi connectivity index (χ1v) is 10.5. The molecule has 0 saturated carbocycles. The van der Waals surface area contributed by atoms with Crippen LogP contribution in [-0.2, 0) is 22.6 Å². The van der Waals surface area contributed by atoms with E-state index in [1.54, 1.807) is 17.6 Å². The number of nitrogens with zero attached hydrogens (tertiary/aromatic N) is 2. The minimum atomic E-state index is 0.0697. The van der Waals surface area contributed by atoms with Gasteiger partial charge in [-0.15, -0.1) is 11.3 Å². The molecule has 6 heteroatoms. The summed E-state index contributed by atoms with van der Waals surface area (Å²) >= 11 is 1.68. The lowest BCUT2D eigenvalue weighted by atomic mass is 9.78. The van der Waals surface area contributed by atoms with E-state index in [9.17, 15) is 0 Å². The second-order valence-electron chi connectivity index (χ2n) is 7.45. The van der Waals surface area contributed by atoms with Crippen molar-refractivity contribution in [2.24, 2.45) is 5.92 Å². The molecule has 0 amide bonds. The Kier molecular flexibility index (Phi) is 5.74. The third-order valence-corrected chi connectivity index (χ3v) is 6.61. The monoisotopic (exact) mass is 376 g/mol. The molecule has 0 aliphatic carbocycles. The number of rotatable bonds is 7. The van der Waals surface area contributed by atoms with E-state index in [-0.39, 0.29) is 5.60 Å². The second-order valence-corrected chi connectivity index (χ2v) is 8.52. The Morgan fingerprint density at radius 3 is 3.00 bits per heavy atom. The van der Waals surface area contributed by atoms with Crippen molar-refractivity contribution in [1.29, 1.82) is 0 Å². The molecule has 5 nitrogen and oxygen atoms in total. The summed E-state index contributed by atoms with van der Waals surface area (Å²) in [4.78, 5) is 6.93. The molecule has 2 aliphatic heterocycles. The van der Waals surface area contributed by atoms with Crippen LogP contribution in [0.4, 0.5) is 0 Å². The lowest BCUT2D eigenvalue weighted by molar-refractivity contribution is -0.0740. The van der Waals surface area contributed by atoms with Crippen molar-refractivity contribution in [3.05, 3.63) is 40.2 Å². The number of furan rings is 1. The minimum absolute atomic E-state index is 0.0697. The van der Waals surface area contributed by atoms with Crippen LogP contribution in [0.2, 0.25) is 0 Å². The quantitative estimate of drug-likeness (QED) is 0.683. The number of hydrogen-bond acceptors (Lipinski definition) is 6. The van der Waals surface area contributed by atoms with Crippen LogP contribution in [-0.4, -0.2) is 41.8 Å². The Balaban J connectivity index is 1.23. The van der Waals surface area contributed by atoms with Gasteiger partial charge >= 0.3 is 0 Å². The Morgan fingerprint density at radius 2 is 2.27 bits per heavy atom. The topological polar surface area (TPSA) is 47.7 Å². The molecule has 2 aliphatic rings. The van der Waals surface area contributed by atoms with Crippen molar-refractivity contribution < 1.29 is 13.9 Å². The fraction of sp³-hybridized carbons (Fsp3) is 0.650. The average Bonchev–Trinajstić information content (AvgIpc) is 3.37. The highest BCUT2D eigenvalue weighted by Crippen LogP contribution is 2.42. The van der Waals surface area contributed by atoms with Crippen molar-refractivity contribution in [2.45, 2.75) is 51.4 Å². The molecule has 0 N–H and O–H groups in total. The SMILES string of the molecule is Cc1nc(COCC[C@H]2CCOC23CCN(Cc2ccco2)CC3)cs1. The van der Waals surface area contributed by atoms with Gasteiger partial charge in [-0.25, -0.2) is 4.98 Å². The molecule has 2 aromatic heterocycles. The molecule has 0 aromatic carbocycles. The number of ether oxygens (including phenoxy) is 2. The van der Waals surface area contributed by atoms with E-state index in [0.29, 0.717) is 12.5 Å². The normalized spacial score (nSPS) is 23.0. The lowest BCUT2D eigenvalue weighted by Gasteiger charge is -2.42. The van der Waals surface area contributed by atoms with Crippen molar-refractivity contribution in [3.8, 4) is 0 Å². The van der Waals surface area contributed by atoms with Gasteiger partial charge in [0.05, 0.1) is 35.7 Å². The number of thiazole rings is 1. The van der Waals surface area contributed by atoms with Gasteiger partial charge in [-0.05, 0) is 50.7 Å². The van der Waals surface area contributed by atoms with Gasteiger partial charge in [-0.2, -0.15) is 0 Å². The van der Waals surface area contributed by atoms with Crippen LogP contribution in [0.25, 0.3) is 0 Å². The van der Waals surface area contributed by atoms with Gasteiger partial charge < -0.3 is 13.9 Å². The van der Waals surface area contributed by atoms with Gasteiger partial charge in [0.25, 0.3) is 0 Å². The second kappa shape index (κ2) is 8.21. The first-order chi connectivity index (χ1) is 12.7. The third kappa shape index (κ3) is 4.19. The van der Waals surface area contributed by atoms with Crippen molar-refractivity contribution in [1.82, 2.24) is 9.88 Å². The van der Waals surface area contributed by atoms with Crippen LogP contribution in [0.15, 0.2) is 28.2 Å². The van der Waals surface area contributed by atoms with Crippen molar-refractivity contribution >= 4 is 11.3 Å². The number of likely N-dealkylation sites (tertiary alicyclic amines) is 1. The number of hydrogen-bond donors (Lipinski definition) is 0. The van der Waals surface area contributed by atoms with Crippen LogP contribution in [0.1, 0.15) is 42.1 Å². The summed E-state index contributed by atoms with van der Waals surface area (Å²) in [5, 5.41) is 3.19. The zero-order valence-electron chi connectivity index (χ0n) is 15.5. The van der Waals surface area contributed by atoms with Gasteiger partial charge in [-0.1, -0.05) is 0 Å². The summed E-state index contributed by atoms with van der Waals surface area (Å²) in [6.45, 7) is 7.42. The minimum Gasteiger partial charge on any atom is -0.468 e.